The van der Waals surface area contributed by atoms with Crippen molar-refractivity contribution in [1.82, 2.24) is 25.2 Å². The van der Waals surface area contributed by atoms with Gasteiger partial charge in [-0.25, -0.2) is 18.2 Å². The SMILES string of the molecule is Nc1nc2c(-c3c(Cl)cc4c(N5C[C@H]6COC[C@@H](C5)N6)nc(OC[C@@]56CCCN5C[C@H](F)C6)nc4c3F)ccc(F)c2s1. The Morgan fingerprint density at radius 1 is 1.14 bits per heavy atom. The van der Waals surface area contributed by atoms with E-state index in [2.05, 4.69) is 25.1 Å². The molecule has 2 aromatic carbocycles. The zero-order valence-electron chi connectivity index (χ0n) is 23.1. The van der Waals surface area contributed by atoms with Crippen LogP contribution in [0.4, 0.5) is 24.1 Å². The Labute approximate surface area is 254 Å². The number of hydrogen-bond donors (Lipinski definition) is 2. The van der Waals surface area contributed by atoms with Gasteiger partial charge >= 0.3 is 6.01 Å². The number of nitrogens with two attached hydrogens (primary N) is 1. The van der Waals surface area contributed by atoms with Gasteiger partial charge in [-0.15, -0.1) is 0 Å². The molecule has 4 aliphatic heterocycles. The third-order valence-corrected chi connectivity index (χ3v) is 10.3. The minimum atomic E-state index is -0.908. The highest BCUT2D eigenvalue weighted by Gasteiger charge is 2.49. The predicted octanol–water partition coefficient (Wildman–Crippen LogP) is 4.55. The quantitative estimate of drug-likeness (QED) is 0.328. The fourth-order valence-corrected chi connectivity index (χ4v) is 8.38. The first-order valence-corrected chi connectivity index (χ1v) is 15.6. The fourth-order valence-electron chi connectivity index (χ4n) is 7.33. The van der Waals surface area contributed by atoms with E-state index in [0.717, 1.165) is 30.7 Å². The van der Waals surface area contributed by atoms with Crippen LogP contribution in [0.1, 0.15) is 19.3 Å². The molecule has 0 unspecified atom stereocenters. The van der Waals surface area contributed by atoms with Gasteiger partial charge in [-0.2, -0.15) is 9.97 Å². The zero-order valence-corrected chi connectivity index (χ0v) is 24.7. The van der Waals surface area contributed by atoms with Gasteiger partial charge in [-0.3, -0.25) is 4.90 Å². The highest BCUT2D eigenvalue weighted by atomic mass is 35.5. The molecule has 0 aliphatic carbocycles. The van der Waals surface area contributed by atoms with E-state index in [0.29, 0.717) is 56.0 Å². The number of rotatable bonds is 5. The van der Waals surface area contributed by atoms with Crippen LogP contribution in [-0.4, -0.2) is 89.6 Å². The monoisotopic (exact) mass is 631 g/mol. The highest BCUT2D eigenvalue weighted by Crippen LogP contribution is 2.44. The second-order valence-electron chi connectivity index (χ2n) is 12.0. The Hall–Kier alpha value is -2.97. The second kappa shape index (κ2) is 10.3. The van der Waals surface area contributed by atoms with Gasteiger partial charge in [0.15, 0.2) is 10.9 Å². The number of alkyl halides is 1. The average Bonchev–Trinajstić information content (AvgIpc) is 3.64. The number of nitrogens with one attached hydrogen (secondary N) is 1. The summed E-state index contributed by atoms with van der Waals surface area (Å²) in [6.45, 7) is 3.70. The van der Waals surface area contributed by atoms with Crippen molar-refractivity contribution in [1.29, 1.82) is 0 Å². The molecule has 8 rings (SSSR count). The summed E-state index contributed by atoms with van der Waals surface area (Å²) in [6.07, 6.45) is 1.27. The van der Waals surface area contributed by atoms with Crippen LogP contribution in [0.15, 0.2) is 18.2 Å². The topological polar surface area (TPSA) is 102 Å². The van der Waals surface area contributed by atoms with Crippen LogP contribution in [-0.2, 0) is 4.74 Å². The number of halogens is 4. The van der Waals surface area contributed by atoms with E-state index in [1.54, 1.807) is 6.07 Å². The van der Waals surface area contributed by atoms with Crippen LogP contribution in [0.2, 0.25) is 5.02 Å². The smallest absolute Gasteiger partial charge is 0.319 e. The van der Waals surface area contributed by atoms with E-state index < -0.39 is 23.3 Å². The normalized spacial score (nSPS) is 27.3. The van der Waals surface area contributed by atoms with E-state index >= 15 is 4.39 Å². The van der Waals surface area contributed by atoms with E-state index in [1.807, 2.05) is 0 Å². The molecule has 14 heteroatoms. The van der Waals surface area contributed by atoms with Gasteiger partial charge in [0.25, 0.3) is 0 Å². The standard InChI is InChI=1S/C29H29ClF3N7O2S/c30-19-6-18-23(22(33)21(19)17-2-3-20(32)25-24(17)36-27(34)43-25)37-28(42-13-29-4-1-5-40(29)8-14(31)7-29)38-26(18)39-9-15-11-41-12-16(10-39)35-15/h2-3,6,14-16,35H,1,4-5,7-13H2,(H2,34,36)/t14-,15-,16+,29+/m1/s1. The molecule has 0 amide bonds. The van der Waals surface area contributed by atoms with Gasteiger partial charge < -0.3 is 25.4 Å². The average molecular weight is 632 g/mol. The maximum Gasteiger partial charge on any atom is 0.319 e. The van der Waals surface area contributed by atoms with Crippen molar-refractivity contribution in [2.45, 2.75) is 43.1 Å². The van der Waals surface area contributed by atoms with Gasteiger partial charge in [0.2, 0.25) is 0 Å². The summed E-state index contributed by atoms with van der Waals surface area (Å²) in [7, 11) is 0. The Bertz CT molecular complexity index is 1750. The molecule has 4 fully saturated rings. The summed E-state index contributed by atoms with van der Waals surface area (Å²) < 4.78 is 57.9. The Morgan fingerprint density at radius 2 is 1.95 bits per heavy atom. The van der Waals surface area contributed by atoms with Gasteiger partial charge in [0, 0.05) is 54.7 Å². The Balaban J connectivity index is 1.26. The molecular formula is C29H29ClF3N7O2S. The molecule has 4 saturated heterocycles. The second-order valence-corrected chi connectivity index (χ2v) is 13.4. The molecular weight excluding hydrogens is 603 g/mol. The van der Waals surface area contributed by atoms with E-state index in [9.17, 15) is 8.78 Å². The largest absolute Gasteiger partial charge is 0.461 e. The number of hydrogen-bond acceptors (Lipinski definition) is 10. The van der Waals surface area contributed by atoms with E-state index in [1.165, 1.54) is 12.1 Å². The molecule has 4 aromatic rings. The summed E-state index contributed by atoms with van der Waals surface area (Å²) in [6, 6.07) is 4.52. The third-order valence-electron chi connectivity index (χ3n) is 9.15. The number of morpholine rings is 1. The lowest BCUT2D eigenvalue weighted by atomic mass is 9.95. The van der Waals surface area contributed by atoms with Gasteiger partial charge in [0.1, 0.15) is 29.9 Å². The number of ether oxygens (including phenoxy) is 2. The Kier molecular flexibility index (Phi) is 6.60. The molecule has 4 atom stereocenters. The van der Waals surface area contributed by atoms with Crippen molar-refractivity contribution in [3.05, 3.63) is 34.9 Å². The van der Waals surface area contributed by atoms with Crippen molar-refractivity contribution in [3.63, 3.8) is 0 Å². The molecule has 9 nitrogen and oxygen atoms in total. The van der Waals surface area contributed by atoms with Gasteiger partial charge in [-0.1, -0.05) is 22.9 Å². The zero-order chi connectivity index (χ0) is 29.5. The first-order chi connectivity index (χ1) is 20.8. The summed E-state index contributed by atoms with van der Waals surface area (Å²) in [5, 5.41) is 4.26. The fraction of sp³-hybridized carbons (Fsp3) is 0.483. The van der Waals surface area contributed by atoms with Crippen LogP contribution in [0.25, 0.3) is 32.2 Å². The van der Waals surface area contributed by atoms with Crippen molar-refractivity contribution < 1.29 is 22.6 Å². The number of fused-ring (bicyclic) bond motifs is 5. The van der Waals surface area contributed by atoms with Gasteiger partial charge in [-0.05, 0) is 37.6 Å². The first kappa shape index (κ1) is 27.6. The molecule has 43 heavy (non-hydrogen) atoms. The highest BCUT2D eigenvalue weighted by molar-refractivity contribution is 7.22. The molecule has 0 radical (unpaired) electrons. The molecule has 0 spiro atoms. The molecule has 2 aromatic heterocycles. The minimum absolute atomic E-state index is 0.0142. The molecule has 226 valence electrons. The number of benzene rings is 2. The molecule has 0 saturated carbocycles. The van der Waals surface area contributed by atoms with E-state index in [-0.39, 0.29) is 56.2 Å². The lowest BCUT2D eigenvalue weighted by molar-refractivity contribution is 0.0374. The number of nitrogen functional groups attached to an aromatic ring is 1. The van der Waals surface area contributed by atoms with E-state index in [4.69, 9.17) is 31.8 Å². The maximum absolute atomic E-state index is 16.7. The Morgan fingerprint density at radius 3 is 2.77 bits per heavy atom. The number of thiazole rings is 1. The van der Waals surface area contributed by atoms with Crippen molar-refractivity contribution in [2.24, 2.45) is 0 Å². The van der Waals surface area contributed by atoms with Crippen molar-refractivity contribution in [3.8, 4) is 17.1 Å². The minimum Gasteiger partial charge on any atom is -0.461 e. The summed E-state index contributed by atoms with van der Waals surface area (Å²) >= 11 is 7.78. The van der Waals surface area contributed by atoms with Gasteiger partial charge in [0.05, 0.1) is 34.0 Å². The van der Waals surface area contributed by atoms with Crippen LogP contribution >= 0.6 is 22.9 Å². The number of piperazine rings is 1. The van der Waals surface area contributed by atoms with Crippen LogP contribution in [0.5, 0.6) is 6.01 Å². The third kappa shape index (κ3) is 4.59. The number of anilines is 2. The van der Waals surface area contributed by atoms with Crippen LogP contribution < -0.4 is 20.7 Å². The lowest BCUT2D eigenvalue weighted by Gasteiger charge is -2.43. The molecule has 6 heterocycles. The van der Waals surface area contributed by atoms with Crippen molar-refractivity contribution >= 4 is 55.0 Å². The lowest BCUT2D eigenvalue weighted by Crippen LogP contribution is -2.63. The summed E-state index contributed by atoms with van der Waals surface area (Å²) in [5.74, 6) is -0.690. The number of aromatic nitrogens is 3. The van der Waals surface area contributed by atoms with Crippen LogP contribution in [0, 0.1) is 11.6 Å². The molecule has 4 aliphatic rings. The summed E-state index contributed by atoms with van der Waals surface area (Å²) in [5.41, 5.74) is 6.08. The predicted molar refractivity (Wildman–Crippen MR) is 160 cm³/mol. The van der Waals surface area contributed by atoms with Crippen LogP contribution in [0.3, 0.4) is 0 Å². The summed E-state index contributed by atoms with van der Waals surface area (Å²) in [4.78, 5) is 17.9. The van der Waals surface area contributed by atoms with Crippen molar-refractivity contribution in [2.75, 3.05) is 56.6 Å². The number of nitrogens with zero attached hydrogens (tertiary/aromatic N) is 5. The molecule has 3 N–H and O–H groups in total. The molecule has 2 bridgehead atoms. The first-order valence-electron chi connectivity index (χ1n) is 14.4. The maximum atomic E-state index is 16.7.